The SMILES string of the molecule is CCN(CC(=O)O)C1CC(NS(=O)(=O)c2cccc(C(N)=O)c2)C1. The second-order valence-electron chi connectivity index (χ2n) is 5.79. The summed E-state index contributed by atoms with van der Waals surface area (Å²) in [5, 5.41) is 8.86. The molecule has 8 nitrogen and oxygen atoms in total. The molecule has 1 aliphatic rings. The van der Waals surface area contributed by atoms with Gasteiger partial charge >= 0.3 is 5.97 Å². The molecule has 1 aromatic rings. The topological polar surface area (TPSA) is 130 Å². The number of nitrogens with zero attached hydrogens (tertiary/aromatic N) is 1. The molecule has 0 unspecified atom stereocenters. The molecule has 2 rings (SSSR count). The fraction of sp³-hybridized carbons (Fsp3) is 0.467. The van der Waals surface area contributed by atoms with Gasteiger partial charge in [-0.2, -0.15) is 0 Å². The number of hydrogen-bond acceptors (Lipinski definition) is 5. The predicted molar refractivity (Wildman–Crippen MR) is 87.0 cm³/mol. The van der Waals surface area contributed by atoms with Gasteiger partial charge in [-0.15, -0.1) is 0 Å². The van der Waals surface area contributed by atoms with Crippen LogP contribution in [-0.4, -0.2) is 55.5 Å². The Morgan fingerprint density at radius 2 is 2.04 bits per heavy atom. The van der Waals surface area contributed by atoms with E-state index in [0.717, 1.165) is 0 Å². The van der Waals surface area contributed by atoms with Gasteiger partial charge < -0.3 is 10.8 Å². The molecule has 4 N–H and O–H groups in total. The number of benzene rings is 1. The zero-order chi connectivity index (χ0) is 17.9. The van der Waals surface area contributed by atoms with Crippen LogP contribution in [-0.2, 0) is 14.8 Å². The van der Waals surface area contributed by atoms with Crippen LogP contribution in [0.1, 0.15) is 30.1 Å². The van der Waals surface area contributed by atoms with Crippen molar-refractivity contribution in [3.05, 3.63) is 29.8 Å². The monoisotopic (exact) mass is 355 g/mol. The minimum Gasteiger partial charge on any atom is -0.480 e. The van der Waals surface area contributed by atoms with Crippen LogP contribution in [0.3, 0.4) is 0 Å². The molecule has 0 heterocycles. The second kappa shape index (κ2) is 7.29. The van der Waals surface area contributed by atoms with E-state index in [1.165, 1.54) is 24.3 Å². The lowest BCUT2D eigenvalue weighted by Gasteiger charge is -2.42. The summed E-state index contributed by atoms with van der Waals surface area (Å²) in [5.74, 6) is -1.59. The third kappa shape index (κ3) is 4.31. The van der Waals surface area contributed by atoms with E-state index in [1.54, 1.807) is 4.90 Å². The van der Waals surface area contributed by atoms with Gasteiger partial charge in [0.05, 0.1) is 11.4 Å². The molecule has 0 spiro atoms. The number of hydrogen-bond donors (Lipinski definition) is 3. The van der Waals surface area contributed by atoms with E-state index in [4.69, 9.17) is 10.8 Å². The van der Waals surface area contributed by atoms with Crippen LogP contribution in [0.2, 0.25) is 0 Å². The van der Waals surface area contributed by atoms with Gasteiger partial charge in [0, 0.05) is 17.6 Å². The van der Waals surface area contributed by atoms with Crippen LogP contribution in [0, 0.1) is 0 Å². The van der Waals surface area contributed by atoms with Gasteiger partial charge in [0.15, 0.2) is 0 Å². The number of likely N-dealkylation sites (N-methyl/N-ethyl adjacent to an activating group) is 1. The van der Waals surface area contributed by atoms with E-state index in [1.807, 2.05) is 6.92 Å². The number of carbonyl (C=O) groups is 2. The van der Waals surface area contributed by atoms with Gasteiger partial charge in [0.1, 0.15) is 0 Å². The van der Waals surface area contributed by atoms with Crippen LogP contribution < -0.4 is 10.5 Å². The third-order valence-corrected chi connectivity index (χ3v) is 5.64. The summed E-state index contributed by atoms with van der Waals surface area (Å²) in [5.41, 5.74) is 5.29. The Balaban J connectivity index is 1.98. The van der Waals surface area contributed by atoms with Gasteiger partial charge in [-0.05, 0) is 37.6 Å². The lowest BCUT2D eigenvalue weighted by molar-refractivity contribution is -0.139. The first kappa shape index (κ1) is 18.4. The first-order chi connectivity index (χ1) is 11.2. The van der Waals surface area contributed by atoms with Gasteiger partial charge in [0.2, 0.25) is 15.9 Å². The molecular formula is C15H21N3O5S. The highest BCUT2D eigenvalue weighted by Gasteiger charge is 2.36. The number of amides is 1. The zero-order valence-corrected chi connectivity index (χ0v) is 14.1. The fourth-order valence-electron chi connectivity index (χ4n) is 2.76. The molecule has 0 aromatic heterocycles. The van der Waals surface area contributed by atoms with Gasteiger partial charge in [-0.1, -0.05) is 13.0 Å². The molecule has 0 aliphatic heterocycles. The van der Waals surface area contributed by atoms with E-state index in [-0.39, 0.29) is 29.1 Å². The maximum absolute atomic E-state index is 12.4. The molecule has 1 aromatic carbocycles. The number of carboxylic acid groups (broad SMARTS) is 1. The lowest BCUT2D eigenvalue weighted by Crippen LogP contribution is -2.54. The summed E-state index contributed by atoms with van der Waals surface area (Å²) in [6.45, 7) is 2.41. The maximum atomic E-state index is 12.4. The largest absolute Gasteiger partial charge is 0.480 e. The van der Waals surface area contributed by atoms with Crippen LogP contribution in [0.5, 0.6) is 0 Å². The highest BCUT2D eigenvalue weighted by molar-refractivity contribution is 7.89. The minimum atomic E-state index is -3.75. The average molecular weight is 355 g/mol. The van der Waals surface area contributed by atoms with E-state index >= 15 is 0 Å². The summed E-state index contributed by atoms with van der Waals surface area (Å²) < 4.78 is 27.3. The lowest BCUT2D eigenvalue weighted by atomic mass is 9.86. The highest BCUT2D eigenvalue weighted by atomic mass is 32.2. The van der Waals surface area contributed by atoms with Crippen LogP contribution in [0.4, 0.5) is 0 Å². The number of primary amides is 1. The Morgan fingerprint density at radius 1 is 1.38 bits per heavy atom. The molecule has 0 bridgehead atoms. The molecule has 24 heavy (non-hydrogen) atoms. The summed E-state index contributed by atoms with van der Waals surface area (Å²) in [7, 11) is -3.75. The number of aliphatic carboxylic acids is 1. The Kier molecular flexibility index (Phi) is 5.58. The Hall–Kier alpha value is -1.97. The quantitative estimate of drug-likeness (QED) is 0.602. The van der Waals surface area contributed by atoms with Crippen LogP contribution in [0.25, 0.3) is 0 Å². The van der Waals surface area contributed by atoms with Crippen molar-refractivity contribution >= 4 is 21.9 Å². The third-order valence-electron chi connectivity index (χ3n) is 4.12. The summed E-state index contributed by atoms with van der Waals surface area (Å²) in [6.07, 6.45) is 1.10. The fourth-order valence-corrected chi connectivity index (χ4v) is 4.07. The minimum absolute atomic E-state index is 0.0138. The summed E-state index contributed by atoms with van der Waals surface area (Å²) >= 11 is 0. The maximum Gasteiger partial charge on any atom is 0.317 e. The van der Waals surface area contributed by atoms with Crippen molar-refractivity contribution in [1.82, 2.24) is 9.62 Å². The number of rotatable bonds is 8. The second-order valence-corrected chi connectivity index (χ2v) is 7.51. The standard InChI is InChI=1S/C15H21N3O5S/c1-2-18(9-14(19)20)12-7-11(8-12)17-24(22,23)13-5-3-4-10(6-13)15(16)21/h3-6,11-12,17H,2,7-9H2,1H3,(H2,16,21)(H,19,20). The molecule has 1 amide bonds. The normalized spacial score (nSPS) is 20.6. The number of sulfonamides is 1. The Morgan fingerprint density at radius 3 is 2.58 bits per heavy atom. The molecule has 1 aliphatic carbocycles. The molecule has 0 saturated heterocycles. The number of carbonyl (C=O) groups excluding carboxylic acids is 1. The van der Waals surface area contributed by atoms with Crippen LogP contribution in [0.15, 0.2) is 29.2 Å². The van der Waals surface area contributed by atoms with Crippen molar-refractivity contribution in [3.8, 4) is 0 Å². The van der Waals surface area contributed by atoms with Crippen molar-refractivity contribution in [2.45, 2.75) is 36.7 Å². The van der Waals surface area contributed by atoms with Gasteiger partial charge in [0.25, 0.3) is 0 Å². The van der Waals surface area contributed by atoms with Gasteiger partial charge in [-0.25, -0.2) is 13.1 Å². The number of nitrogens with two attached hydrogens (primary N) is 1. The molecular weight excluding hydrogens is 334 g/mol. The Labute approximate surface area is 140 Å². The van der Waals surface area contributed by atoms with Crippen LogP contribution >= 0.6 is 0 Å². The first-order valence-corrected chi connectivity index (χ1v) is 9.09. The molecule has 9 heteroatoms. The summed E-state index contributed by atoms with van der Waals surface area (Å²) in [4.78, 5) is 23.8. The molecule has 1 saturated carbocycles. The van der Waals surface area contributed by atoms with E-state index in [9.17, 15) is 18.0 Å². The van der Waals surface area contributed by atoms with E-state index < -0.39 is 21.9 Å². The van der Waals surface area contributed by atoms with Crippen molar-refractivity contribution in [1.29, 1.82) is 0 Å². The summed E-state index contributed by atoms with van der Waals surface area (Å²) in [6, 6.07) is 5.35. The van der Waals surface area contributed by atoms with Crippen molar-refractivity contribution < 1.29 is 23.1 Å². The van der Waals surface area contributed by atoms with Crippen molar-refractivity contribution in [3.63, 3.8) is 0 Å². The predicted octanol–water partition coefficient (Wildman–Crippen LogP) is 0.00130. The first-order valence-electron chi connectivity index (χ1n) is 7.61. The molecule has 0 radical (unpaired) electrons. The zero-order valence-electron chi connectivity index (χ0n) is 13.3. The van der Waals surface area contributed by atoms with Gasteiger partial charge in [-0.3, -0.25) is 14.5 Å². The highest BCUT2D eigenvalue weighted by Crippen LogP contribution is 2.27. The molecule has 1 fully saturated rings. The Bertz CT molecular complexity index is 728. The van der Waals surface area contributed by atoms with E-state index in [0.29, 0.717) is 19.4 Å². The van der Waals surface area contributed by atoms with E-state index in [2.05, 4.69) is 4.72 Å². The van der Waals surface area contributed by atoms with Crippen molar-refractivity contribution in [2.24, 2.45) is 5.73 Å². The average Bonchev–Trinajstić information content (AvgIpc) is 2.48. The number of carboxylic acids is 1. The number of nitrogens with one attached hydrogen (secondary N) is 1. The van der Waals surface area contributed by atoms with Crippen molar-refractivity contribution in [2.75, 3.05) is 13.1 Å². The smallest absolute Gasteiger partial charge is 0.317 e. The molecule has 132 valence electrons. The molecule has 0 atom stereocenters.